The molecule has 0 bridgehead atoms. The number of aliphatic hydroxyl groups is 2. The van der Waals surface area contributed by atoms with Crippen molar-refractivity contribution in [3.63, 3.8) is 0 Å². The standard InChI is InChI=1S/C18H17Cl3O4S/c19-6-1-7-24-18-16(20)8-15(9-17(18)21)26-14-4-2-13(3-5-14)25-11-12(23)10-22/h1-6,8-9,12,22-23H,7,10-11H2/b6-1+. The summed E-state index contributed by atoms with van der Waals surface area (Å²) in [4.78, 5) is 1.83. The molecular weight excluding hydrogens is 419 g/mol. The third kappa shape index (κ3) is 6.58. The van der Waals surface area contributed by atoms with Crippen molar-refractivity contribution in [1.82, 2.24) is 0 Å². The first kappa shape index (κ1) is 21.2. The molecule has 8 heteroatoms. The summed E-state index contributed by atoms with van der Waals surface area (Å²) in [5.41, 5.74) is 1.37. The molecule has 0 aliphatic rings. The van der Waals surface area contributed by atoms with E-state index in [0.717, 1.165) is 9.79 Å². The lowest BCUT2D eigenvalue weighted by molar-refractivity contribution is 0.0536. The Kier molecular flexibility index (Phi) is 8.91. The quantitative estimate of drug-likeness (QED) is 0.580. The monoisotopic (exact) mass is 434 g/mol. The fourth-order valence-corrected chi connectivity index (χ4v) is 3.58. The number of hydrogen-bond donors (Lipinski definition) is 2. The molecule has 0 amide bonds. The summed E-state index contributed by atoms with van der Waals surface area (Å²) in [6.07, 6.45) is 0.744. The Morgan fingerprint density at radius 2 is 1.69 bits per heavy atom. The van der Waals surface area contributed by atoms with Crippen molar-refractivity contribution in [2.75, 3.05) is 19.8 Å². The number of hydrogen-bond acceptors (Lipinski definition) is 5. The van der Waals surface area contributed by atoms with Crippen LogP contribution < -0.4 is 9.47 Å². The Morgan fingerprint density at radius 1 is 1.04 bits per heavy atom. The molecule has 4 nitrogen and oxygen atoms in total. The van der Waals surface area contributed by atoms with E-state index in [1.54, 1.807) is 30.3 Å². The maximum Gasteiger partial charge on any atom is 0.157 e. The number of benzene rings is 2. The van der Waals surface area contributed by atoms with Crippen molar-refractivity contribution in [2.45, 2.75) is 15.9 Å². The minimum absolute atomic E-state index is 0.0363. The molecule has 0 aliphatic heterocycles. The zero-order chi connectivity index (χ0) is 18.9. The predicted octanol–water partition coefficient (Wildman–Crippen LogP) is 5.01. The van der Waals surface area contributed by atoms with Gasteiger partial charge in [0.15, 0.2) is 5.75 Å². The lowest BCUT2D eigenvalue weighted by Crippen LogP contribution is -2.21. The highest BCUT2D eigenvalue weighted by atomic mass is 35.5. The fraction of sp³-hybridized carbons (Fsp3) is 0.222. The van der Waals surface area contributed by atoms with Crippen molar-refractivity contribution >= 4 is 46.6 Å². The van der Waals surface area contributed by atoms with Gasteiger partial charge in [-0.25, -0.2) is 0 Å². The van der Waals surface area contributed by atoms with Crippen LogP contribution in [0.2, 0.25) is 10.0 Å². The van der Waals surface area contributed by atoms with Crippen LogP contribution in [0.5, 0.6) is 11.5 Å². The van der Waals surface area contributed by atoms with Gasteiger partial charge in [-0.3, -0.25) is 0 Å². The van der Waals surface area contributed by atoms with Crippen LogP contribution in [0.15, 0.2) is 57.8 Å². The molecule has 0 heterocycles. The van der Waals surface area contributed by atoms with E-state index in [1.807, 2.05) is 12.1 Å². The lowest BCUT2D eigenvalue weighted by atomic mass is 10.3. The van der Waals surface area contributed by atoms with Gasteiger partial charge in [-0.1, -0.05) is 46.6 Å². The van der Waals surface area contributed by atoms with Crippen molar-refractivity contribution in [3.05, 3.63) is 58.1 Å². The second-order valence-electron chi connectivity index (χ2n) is 5.11. The van der Waals surface area contributed by atoms with Gasteiger partial charge in [-0.05, 0) is 42.5 Å². The SMILES string of the molecule is OCC(O)COc1ccc(Sc2cc(Cl)c(OC/C=C/Cl)c(Cl)c2)cc1. The molecule has 0 fully saturated rings. The largest absolute Gasteiger partial charge is 0.491 e. The first-order valence-corrected chi connectivity index (χ1v) is 9.61. The van der Waals surface area contributed by atoms with Gasteiger partial charge in [0.2, 0.25) is 0 Å². The third-order valence-electron chi connectivity index (χ3n) is 3.10. The van der Waals surface area contributed by atoms with Gasteiger partial charge >= 0.3 is 0 Å². The number of rotatable bonds is 9. The van der Waals surface area contributed by atoms with Crippen molar-refractivity contribution in [3.8, 4) is 11.5 Å². The van der Waals surface area contributed by atoms with Gasteiger partial charge in [-0.15, -0.1) is 0 Å². The van der Waals surface area contributed by atoms with Crippen LogP contribution in [0.25, 0.3) is 0 Å². The molecule has 2 rings (SSSR count). The summed E-state index contributed by atoms with van der Waals surface area (Å²) in [6.45, 7) is -0.0201. The minimum atomic E-state index is -0.894. The van der Waals surface area contributed by atoms with Crippen LogP contribution in [0.1, 0.15) is 0 Å². The molecular formula is C18H17Cl3O4S. The highest BCUT2D eigenvalue weighted by molar-refractivity contribution is 7.99. The predicted molar refractivity (Wildman–Crippen MR) is 106 cm³/mol. The lowest BCUT2D eigenvalue weighted by Gasteiger charge is -2.11. The van der Waals surface area contributed by atoms with Gasteiger partial charge in [0.05, 0.1) is 16.7 Å². The van der Waals surface area contributed by atoms with E-state index >= 15 is 0 Å². The molecule has 2 aromatic rings. The van der Waals surface area contributed by atoms with Crippen molar-refractivity contribution in [2.24, 2.45) is 0 Å². The average Bonchev–Trinajstić information content (AvgIpc) is 2.63. The van der Waals surface area contributed by atoms with Crippen LogP contribution in [-0.4, -0.2) is 36.1 Å². The Balaban J connectivity index is 2.01. The molecule has 1 unspecified atom stereocenters. The van der Waals surface area contributed by atoms with E-state index in [0.29, 0.717) is 21.5 Å². The molecule has 0 saturated carbocycles. The van der Waals surface area contributed by atoms with Crippen molar-refractivity contribution < 1.29 is 19.7 Å². The molecule has 0 radical (unpaired) electrons. The van der Waals surface area contributed by atoms with Crippen LogP contribution in [0.3, 0.4) is 0 Å². The molecule has 0 aromatic heterocycles. The van der Waals surface area contributed by atoms with E-state index in [2.05, 4.69) is 0 Å². The summed E-state index contributed by atoms with van der Waals surface area (Å²) in [5.74, 6) is 1.02. The van der Waals surface area contributed by atoms with E-state index in [1.165, 1.54) is 17.3 Å². The second-order valence-corrected chi connectivity index (χ2v) is 7.32. The van der Waals surface area contributed by atoms with Gasteiger partial charge < -0.3 is 19.7 Å². The number of ether oxygens (including phenoxy) is 2. The molecule has 0 aliphatic carbocycles. The molecule has 1 atom stereocenters. The minimum Gasteiger partial charge on any atom is -0.491 e. The molecule has 26 heavy (non-hydrogen) atoms. The van der Waals surface area contributed by atoms with Crippen LogP contribution >= 0.6 is 46.6 Å². The fourth-order valence-electron chi connectivity index (χ4n) is 1.89. The van der Waals surface area contributed by atoms with E-state index in [9.17, 15) is 5.11 Å². The summed E-state index contributed by atoms with van der Waals surface area (Å²) >= 11 is 19.4. The van der Waals surface area contributed by atoms with Gasteiger partial charge in [-0.2, -0.15) is 0 Å². The second kappa shape index (κ2) is 10.9. The van der Waals surface area contributed by atoms with E-state index < -0.39 is 6.10 Å². The molecule has 140 valence electrons. The van der Waals surface area contributed by atoms with E-state index in [4.69, 9.17) is 49.4 Å². The zero-order valence-corrected chi connectivity index (χ0v) is 16.7. The first-order chi connectivity index (χ1) is 12.5. The molecule has 0 saturated heterocycles. The maximum atomic E-state index is 9.29. The summed E-state index contributed by atoms with van der Waals surface area (Å²) in [5, 5.41) is 18.9. The number of aliphatic hydroxyl groups excluding tert-OH is 2. The van der Waals surface area contributed by atoms with Gasteiger partial charge in [0.1, 0.15) is 25.1 Å². The Morgan fingerprint density at radius 3 is 2.27 bits per heavy atom. The molecule has 2 N–H and O–H groups in total. The molecule has 2 aromatic carbocycles. The highest BCUT2D eigenvalue weighted by Gasteiger charge is 2.11. The summed E-state index contributed by atoms with van der Waals surface area (Å²) < 4.78 is 10.9. The summed E-state index contributed by atoms with van der Waals surface area (Å²) in [7, 11) is 0. The highest BCUT2D eigenvalue weighted by Crippen LogP contribution is 2.39. The van der Waals surface area contributed by atoms with Gasteiger partial charge in [0.25, 0.3) is 0 Å². The third-order valence-corrected chi connectivity index (χ3v) is 4.82. The Hall–Kier alpha value is -1.08. The molecule has 0 spiro atoms. The van der Waals surface area contributed by atoms with E-state index in [-0.39, 0.29) is 19.8 Å². The van der Waals surface area contributed by atoms with Crippen LogP contribution in [-0.2, 0) is 0 Å². The average molecular weight is 436 g/mol. The zero-order valence-electron chi connectivity index (χ0n) is 13.6. The van der Waals surface area contributed by atoms with Crippen molar-refractivity contribution in [1.29, 1.82) is 0 Å². The topological polar surface area (TPSA) is 58.9 Å². The van der Waals surface area contributed by atoms with Gasteiger partial charge in [0, 0.05) is 15.3 Å². The van der Waals surface area contributed by atoms with Crippen LogP contribution in [0.4, 0.5) is 0 Å². The first-order valence-electron chi connectivity index (χ1n) is 7.60. The number of halogens is 3. The maximum absolute atomic E-state index is 9.29. The Bertz CT molecular complexity index is 715. The normalized spacial score (nSPS) is 12.3. The Labute approximate surface area is 171 Å². The summed E-state index contributed by atoms with van der Waals surface area (Å²) in [6, 6.07) is 10.9. The smallest absolute Gasteiger partial charge is 0.157 e. The van der Waals surface area contributed by atoms with Crippen LogP contribution in [0, 0.1) is 0 Å².